The first-order chi connectivity index (χ1) is 4.79. The van der Waals surface area contributed by atoms with Crippen LogP contribution >= 0.6 is 12.2 Å². The maximum Gasteiger partial charge on any atom is 0.163 e. The molecule has 0 unspecified atom stereocenters. The van der Waals surface area contributed by atoms with Gasteiger partial charge in [0.1, 0.15) is 0 Å². The van der Waals surface area contributed by atoms with Gasteiger partial charge in [0, 0.05) is 6.54 Å². The highest BCUT2D eigenvalue weighted by molar-refractivity contribution is 7.80. The first-order valence-electron chi connectivity index (χ1n) is 3.82. The summed E-state index contributed by atoms with van der Waals surface area (Å²) in [5.74, 6) is 1.02. The Morgan fingerprint density at radius 2 is 2.30 bits per heavy atom. The van der Waals surface area contributed by atoms with Crippen molar-refractivity contribution in [1.82, 2.24) is 5.32 Å². The summed E-state index contributed by atoms with van der Waals surface area (Å²) in [7, 11) is 0. The number of rotatable bonds is 4. The van der Waals surface area contributed by atoms with Crippen LogP contribution in [0.15, 0.2) is 0 Å². The van der Waals surface area contributed by atoms with Gasteiger partial charge in [-0.1, -0.05) is 12.8 Å². The Bertz CT molecular complexity index is 121. The topological polar surface area (TPSA) is 38.0 Å². The molecule has 0 radical (unpaired) electrons. The van der Waals surface area contributed by atoms with Crippen LogP contribution in [-0.4, -0.2) is 11.7 Å². The Hall–Kier alpha value is -0.310. The number of nitrogens with two attached hydrogens (primary N) is 1. The van der Waals surface area contributed by atoms with Crippen LogP contribution in [0.1, 0.15) is 25.7 Å². The highest BCUT2D eigenvalue weighted by atomic mass is 32.1. The van der Waals surface area contributed by atoms with Crippen molar-refractivity contribution in [2.45, 2.75) is 25.7 Å². The van der Waals surface area contributed by atoms with E-state index in [2.05, 4.69) is 17.5 Å². The van der Waals surface area contributed by atoms with Crippen molar-refractivity contribution >= 4 is 17.3 Å². The Labute approximate surface area is 67.2 Å². The molecule has 1 saturated carbocycles. The summed E-state index contributed by atoms with van der Waals surface area (Å²) in [6, 6.07) is 0. The van der Waals surface area contributed by atoms with E-state index >= 15 is 0 Å². The Morgan fingerprint density at radius 3 is 2.80 bits per heavy atom. The summed E-state index contributed by atoms with van der Waals surface area (Å²) in [6.07, 6.45) is 5.43. The van der Waals surface area contributed by atoms with Crippen molar-refractivity contribution in [3.63, 3.8) is 0 Å². The van der Waals surface area contributed by atoms with Gasteiger partial charge in [-0.2, -0.15) is 0 Å². The summed E-state index contributed by atoms with van der Waals surface area (Å²) in [5, 5.41) is 3.36. The van der Waals surface area contributed by atoms with Gasteiger partial charge in [-0.25, -0.2) is 0 Å². The van der Waals surface area contributed by atoms with Gasteiger partial charge < -0.3 is 11.1 Å². The molecule has 1 fully saturated rings. The van der Waals surface area contributed by atoms with Gasteiger partial charge in [-0.05, 0) is 31.0 Å². The van der Waals surface area contributed by atoms with E-state index < -0.39 is 0 Å². The summed E-state index contributed by atoms with van der Waals surface area (Å²) < 4.78 is 0. The monoisotopic (exact) mass is 158 g/mol. The van der Waals surface area contributed by atoms with Gasteiger partial charge >= 0.3 is 0 Å². The molecule has 0 aromatic rings. The third-order valence-electron chi connectivity index (χ3n) is 1.79. The largest absolute Gasteiger partial charge is 0.376 e. The number of hydrogen-bond acceptors (Lipinski definition) is 1. The Morgan fingerprint density at radius 1 is 1.60 bits per heavy atom. The van der Waals surface area contributed by atoms with Gasteiger partial charge in [0.15, 0.2) is 5.11 Å². The lowest BCUT2D eigenvalue weighted by atomic mass is 10.2. The average Bonchev–Trinajstić information content (AvgIpc) is 2.62. The molecule has 0 atom stereocenters. The smallest absolute Gasteiger partial charge is 0.163 e. The van der Waals surface area contributed by atoms with Crippen LogP contribution in [0.5, 0.6) is 0 Å². The van der Waals surface area contributed by atoms with E-state index in [-0.39, 0.29) is 0 Å². The number of thiocarbonyl (C=S) groups is 1. The van der Waals surface area contributed by atoms with Crippen molar-refractivity contribution in [2.24, 2.45) is 11.7 Å². The molecule has 0 aromatic carbocycles. The SMILES string of the molecule is NC(=S)NCCCC1CC1. The van der Waals surface area contributed by atoms with E-state index in [0.29, 0.717) is 5.11 Å². The van der Waals surface area contributed by atoms with Crippen LogP contribution in [0.3, 0.4) is 0 Å². The zero-order valence-electron chi connectivity index (χ0n) is 6.10. The maximum atomic E-state index is 5.25. The standard InChI is InChI=1S/C7H14N2S/c8-7(10)9-5-1-2-6-3-4-6/h6H,1-5H2,(H3,8,9,10). The van der Waals surface area contributed by atoms with Crippen molar-refractivity contribution in [3.05, 3.63) is 0 Å². The molecule has 10 heavy (non-hydrogen) atoms. The molecule has 0 aliphatic heterocycles. The third kappa shape index (κ3) is 3.67. The second kappa shape index (κ2) is 3.76. The minimum Gasteiger partial charge on any atom is -0.376 e. The fourth-order valence-corrected chi connectivity index (χ4v) is 1.11. The minimum absolute atomic E-state index is 0.427. The van der Waals surface area contributed by atoms with E-state index in [1.807, 2.05) is 0 Å². The van der Waals surface area contributed by atoms with Gasteiger partial charge in [0.2, 0.25) is 0 Å². The van der Waals surface area contributed by atoms with Gasteiger partial charge in [-0.15, -0.1) is 0 Å². The second-order valence-corrected chi connectivity index (χ2v) is 3.32. The maximum absolute atomic E-state index is 5.25. The summed E-state index contributed by atoms with van der Waals surface area (Å²) in [5.41, 5.74) is 5.25. The number of nitrogens with one attached hydrogen (secondary N) is 1. The van der Waals surface area contributed by atoms with Crippen molar-refractivity contribution < 1.29 is 0 Å². The van der Waals surface area contributed by atoms with Crippen LogP contribution < -0.4 is 11.1 Å². The first-order valence-corrected chi connectivity index (χ1v) is 4.23. The molecule has 3 heteroatoms. The molecular formula is C7H14N2S. The summed E-state index contributed by atoms with van der Waals surface area (Å²) in [4.78, 5) is 0. The van der Waals surface area contributed by atoms with E-state index in [1.165, 1.54) is 25.7 Å². The van der Waals surface area contributed by atoms with Gasteiger partial charge in [0.05, 0.1) is 0 Å². The molecule has 1 aliphatic carbocycles. The van der Waals surface area contributed by atoms with Crippen LogP contribution in [-0.2, 0) is 0 Å². The quantitative estimate of drug-likeness (QED) is 0.474. The molecule has 1 aliphatic rings. The van der Waals surface area contributed by atoms with Crippen molar-refractivity contribution in [3.8, 4) is 0 Å². The summed E-state index contributed by atoms with van der Waals surface area (Å²) in [6.45, 7) is 0.950. The van der Waals surface area contributed by atoms with Crippen LogP contribution in [0.4, 0.5) is 0 Å². The van der Waals surface area contributed by atoms with E-state index in [4.69, 9.17) is 5.73 Å². The fourth-order valence-electron chi connectivity index (χ4n) is 1.01. The molecule has 2 nitrogen and oxygen atoms in total. The third-order valence-corrected chi connectivity index (χ3v) is 1.93. The molecule has 0 saturated heterocycles. The van der Waals surface area contributed by atoms with Crippen LogP contribution in [0.2, 0.25) is 0 Å². The summed E-state index contributed by atoms with van der Waals surface area (Å²) >= 11 is 4.66. The molecule has 0 amide bonds. The van der Waals surface area contributed by atoms with Gasteiger partial charge in [0.25, 0.3) is 0 Å². The molecule has 0 aromatic heterocycles. The normalized spacial score (nSPS) is 16.8. The highest BCUT2D eigenvalue weighted by Crippen LogP contribution is 2.33. The molecule has 0 spiro atoms. The lowest BCUT2D eigenvalue weighted by Gasteiger charge is -2.01. The van der Waals surface area contributed by atoms with E-state index in [9.17, 15) is 0 Å². The number of hydrogen-bond donors (Lipinski definition) is 2. The Kier molecular flexibility index (Phi) is 2.93. The zero-order chi connectivity index (χ0) is 7.40. The fraction of sp³-hybridized carbons (Fsp3) is 0.857. The zero-order valence-corrected chi connectivity index (χ0v) is 6.91. The minimum atomic E-state index is 0.427. The molecule has 1 rings (SSSR count). The highest BCUT2D eigenvalue weighted by Gasteiger charge is 2.19. The molecule has 3 N–H and O–H groups in total. The van der Waals surface area contributed by atoms with Crippen LogP contribution in [0.25, 0.3) is 0 Å². The lowest BCUT2D eigenvalue weighted by molar-refractivity contribution is 0.653. The van der Waals surface area contributed by atoms with E-state index in [0.717, 1.165) is 12.5 Å². The molecular weight excluding hydrogens is 144 g/mol. The average molecular weight is 158 g/mol. The van der Waals surface area contributed by atoms with Crippen molar-refractivity contribution in [1.29, 1.82) is 0 Å². The van der Waals surface area contributed by atoms with Gasteiger partial charge in [-0.3, -0.25) is 0 Å². The lowest BCUT2D eigenvalue weighted by Crippen LogP contribution is -2.29. The first kappa shape index (κ1) is 7.79. The second-order valence-electron chi connectivity index (χ2n) is 2.88. The van der Waals surface area contributed by atoms with Crippen molar-refractivity contribution in [2.75, 3.05) is 6.54 Å². The molecule has 0 bridgehead atoms. The Balaban J connectivity index is 1.80. The predicted molar refractivity (Wildman–Crippen MR) is 46.7 cm³/mol. The van der Waals surface area contributed by atoms with Crippen LogP contribution in [0, 0.1) is 5.92 Å². The molecule has 0 heterocycles. The predicted octanol–water partition coefficient (Wildman–Crippen LogP) is 1.01. The molecule has 58 valence electrons. The van der Waals surface area contributed by atoms with E-state index in [1.54, 1.807) is 0 Å².